The van der Waals surface area contributed by atoms with E-state index in [-0.39, 0.29) is 17.3 Å². The second kappa shape index (κ2) is 5.90. The highest BCUT2D eigenvalue weighted by Crippen LogP contribution is 2.30. The SMILES string of the molecule is C=CCOc1cc(OC)ccc1S(=O)(=O)OCl. The lowest BCUT2D eigenvalue weighted by Crippen LogP contribution is -2.05. The summed E-state index contributed by atoms with van der Waals surface area (Å²) < 4.78 is 37.0. The van der Waals surface area contributed by atoms with Crippen LogP contribution in [0.25, 0.3) is 0 Å². The number of benzene rings is 1. The zero-order valence-electron chi connectivity index (χ0n) is 9.05. The van der Waals surface area contributed by atoms with E-state index in [9.17, 15) is 8.42 Å². The molecule has 1 rings (SSSR count). The van der Waals surface area contributed by atoms with E-state index >= 15 is 0 Å². The van der Waals surface area contributed by atoms with Crippen molar-refractivity contribution in [1.29, 1.82) is 0 Å². The Kier molecular flexibility index (Phi) is 4.80. The van der Waals surface area contributed by atoms with E-state index in [1.807, 2.05) is 0 Å². The van der Waals surface area contributed by atoms with Crippen molar-refractivity contribution >= 4 is 22.0 Å². The third kappa shape index (κ3) is 3.36. The Balaban J connectivity index is 3.24. The van der Waals surface area contributed by atoms with Gasteiger partial charge < -0.3 is 9.47 Å². The maximum Gasteiger partial charge on any atom is 0.316 e. The summed E-state index contributed by atoms with van der Waals surface area (Å²) in [6.45, 7) is 3.62. The molecule has 94 valence electrons. The third-order valence-electron chi connectivity index (χ3n) is 1.86. The van der Waals surface area contributed by atoms with E-state index in [2.05, 4.69) is 10.3 Å². The fourth-order valence-electron chi connectivity index (χ4n) is 1.12. The first-order valence-electron chi connectivity index (χ1n) is 4.52. The Morgan fingerprint density at radius 2 is 2.18 bits per heavy atom. The summed E-state index contributed by atoms with van der Waals surface area (Å²) in [4.78, 5) is -0.171. The summed E-state index contributed by atoms with van der Waals surface area (Å²) in [6.07, 6.45) is 1.48. The van der Waals surface area contributed by atoms with Crippen molar-refractivity contribution in [2.45, 2.75) is 4.90 Å². The second-order valence-corrected chi connectivity index (χ2v) is 4.78. The molecule has 0 saturated heterocycles. The lowest BCUT2D eigenvalue weighted by atomic mass is 10.3. The standard InChI is InChI=1S/C10H11ClO5S/c1-3-6-15-9-7-8(14-2)4-5-10(9)17(12,13)16-11/h3-5,7H,1,6H2,2H3. The summed E-state index contributed by atoms with van der Waals surface area (Å²) in [7, 11) is -2.58. The molecule has 17 heavy (non-hydrogen) atoms. The normalized spacial score (nSPS) is 10.9. The van der Waals surface area contributed by atoms with Gasteiger partial charge in [0.15, 0.2) is 0 Å². The van der Waals surface area contributed by atoms with Gasteiger partial charge in [-0.3, -0.25) is 0 Å². The molecule has 0 aliphatic heterocycles. The molecule has 0 N–H and O–H groups in total. The van der Waals surface area contributed by atoms with Gasteiger partial charge in [0.05, 0.1) is 19.0 Å². The van der Waals surface area contributed by atoms with Crippen LogP contribution in [0, 0.1) is 0 Å². The van der Waals surface area contributed by atoms with Gasteiger partial charge in [-0.15, -0.1) is 0 Å². The first-order chi connectivity index (χ1) is 8.05. The van der Waals surface area contributed by atoms with Crippen LogP contribution in [0.4, 0.5) is 0 Å². The first kappa shape index (κ1) is 13.8. The third-order valence-corrected chi connectivity index (χ3v) is 3.40. The Morgan fingerprint density at radius 1 is 1.47 bits per heavy atom. The number of hydrogen-bond donors (Lipinski definition) is 0. The van der Waals surface area contributed by atoms with Gasteiger partial charge in [0.25, 0.3) is 0 Å². The molecule has 0 spiro atoms. The van der Waals surface area contributed by atoms with E-state index in [4.69, 9.17) is 21.3 Å². The van der Waals surface area contributed by atoms with Crippen molar-refractivity contribution in [3.63, 3.8) is 0 Å². The van der Waals surface area contributed by atoms with Crippen LogP contribution in [0.1, 0.15) is 0 Å². The fraction of sp³-hybridized carbons (Fsp3) is 0.200. The number of ether oxygens (including phenoxy) is 2. The Hall–Kier alpha value is -1.24. The van der Waals surface area contributed by atoms with Crippen molar-refractivity contribution in [1.82, 2.24) is 0 Å². The van der Waals surface area contributed by atoms with Crippen molar-refractivity contribution in [3.8, 4) is 11.5 Å². The summed E-state index contributed by atoms with van der Waals surface area (Å²) in [5.41, 5.74) is 0. The zero-order valence-corrected chi connectivity index (χ0v) is 10.6. The molecule has 0 aromatic heterocycles. The summed E-state index contributed by atoms with van der Waals surface area (Å²) in [5.74, 6) is 0.544. The largest absolute Gasteiger partial charge is 0.497 e. The van der Waals surface area contributed by atoms with Crippen molar-refractivity contribution in [2.24, 2.45) is 0 Å². The molecule has 5 nitrogen and oxygen atoms in total. The highest BCUT2D eigenvalue weighted by atomic mass is 35.5. The quantitative estimate of drug-likeness (QED) is 0.746. The van der Waals surface area contributed by atoms with Gasteiger partial charge in [0.2, 0.25) is 0 Å². The molecule has 0 atom stereocenters. The van der Waals surface area contributed by atoms with Crippen LogP contribution in [0.3, 0.4) is 0 Å². The van der Waals surface area contributed by atoms with Gasteiger partial charge in [-0.1, -0.05) is 12.7 Å². The van der Waals surface area contributed by atoms with E-state index in [1.54, 1.807) is 0 Å². The summed E-state index contributed by atoms with van der Waals surface area (Å²) in [6, 6.07) is 4.17. The molecular weight excluding hydrogens is 268 g/mol. The minimum atomic E-state index is -4.03. The average molecular weight is 279 g/mol. The molecule has 0 aliphatic carbocycles. The molecule has 0 heterocycles. The monoisotopic (exact) mass is 278 g/mol. The summed E-state index contributed by atoms with van der Waals surface area (Å²) >= 11 is 4.91. The number of hydrogen-bond acceptors (Lipinski definition) is 5. The van der Waals surface area contributed by atoms with Crippen molar-refractivity contribution in [3.05, 3.63) is 30.9 Å². The van der Waals surface area contributed by atoms with Gasteiger partial charge in [0.1, 0.15) is 23.0 Å². The molecule has 0 fully saturated rings. The Morgan fingerprint density at radius 3 is 2.71 bits per heavy atom. The van der Waals surface area contributed by atoms with Crippen LogP contribution in [0.15, 0.2) is 35.7 Å². The van der Waals surface area contributed by atoms with E-state index in [0.29, 0.717) is 5.75 Å². The molecule has 0 unspecified atom stereocenters. The lowest BCUT2D eigenvalue weighted by molar-refractivity contribution is 0.346. The second-order valence-electron chi connectivity index (χ2n) is 2.93. The van der Waals surface area contributed by atoms with E-state index in [0.717, 1.165) is 0 Å². The van der Waals surface area contributed by atoms with Crippen LogP contribution in [0.2, 0.25) is 0 Å². The van der Waals surface area contributed by atoms with Crippen LogP contribution in [-0.2, 0) is 13.9 Å². The molecule has 0 radical (unpaired) electrons. The average Bonchev–Trinajstić information content (AvgIpc) is 2.35. The predicted octanol–water partition coefficient (Wildman–Crippen LogP) is 2.12. The zero-order chi connectivity index (χ0) is 12.9. The molecule has 1 aromatic carbocycles. The minimum Gasteiger partial charge on any atom is -0.497 e. The van der Waals surface area contributed by atoms with Crippen LogP contribution in [0.5, 0.6) is 11.5 Å². The molecule has 0 bridgehead atoms. The highest BCUT2D eigenvalue weighted by Gasteiger charge is 2.21. The van der Waals surface area contributed by atoms with Gasteiger partial charge >= 0.3 is 10.1 Å². The van der Waals surface area contributed by atoms with E-state index in [1.165, 1.54) is 31.4 Å². The first-order valence-corrected chi connectivity index (χ1v) is 6.23. The highest BCUT2D eigenvalue weighted by molar-refractivity contribution is 7.87. The van der Waals surface area contributed by atoms with Gasteiger partial charge in [-0.05, 0) is 12.1 Å². The Bertz CT molecular complexity index is 497. The number of halogens is 1. The number of rotatable bonds is 6. The van der Waals surface area contributed by atoms with Crippen LogP contribution < -0.4 is 9.47 Å². The Labute approximate surface area is 105 Å². The lowest BCUT2D eigenvalue weighted by Gasteiger charge is -2.10. The molecule has 0 aliphatic rings. The molecular formula is C10H11ClO5S. The van der Waals surface area contributed by atoms with Crippen LogP contribution in [-0.4, -0.2) is 22.1 Å². The number of methoxy groups -OCH3 is 1. The topological polar surface area (TPSA) is 61.8 Å². The van der Waals surface area contributed by atoms with Crippen molar-refractivity contribution in [2.75, 3.05) is 13.7 Å². The maximum atomic E-state index is 11.5. The van der Waals surface area contributed by atoms with Gasteiger partial charge in [-0.2, -0.15) is 12.2 Å². The van der Waals surface area contributed by atoms with E-state index < -0.39 is 10.1 Å². The van der Waals surface area contributed by atoms with Gasteiger partial charge in [-0.25, -0.2) is 0 Å². The molecule has 7 heteroatoms. The maximum absolute atomic E-state index is 11.5. The summed E-state index contributed by atoms with van der Waals surface area (Å²) in [5, 5.41) is 0. The van der Waals surface area contributed by atoms with Gasteiger partial charge in [0, 0.05) is 6.07 Å². The molecule has 0 amide bonds. The smallest absolute Gasteiger partial charge is 0.316 e. The van der Waals surface area contributed by atoms with Crippen molar-refractivity contribution < 1.29 is 21.6 Å². The fourth-order valence-corrected chi connectivity index (χ4v) is 1.99. The predicted molar refractivity (Wildman–Crippen MR) is 62.8 cm³/mol. The molecule has 1 aromatic rings. The minimum absolute atomic E-state index is 0.0879. The molecule has 0 saturated carbocycles. The van der Waals surface area contributed by atoms with Crippen LogP contribution >= 0.6 is 11.9 Å².